The third-order valence-electron chi connectivity index (χ3n) is 7.50. The topological polar surface area (TPSA) is 74.2 Å². The smallest absolute Gasteiger partial charge is 0.328 e. The number of urea groups is 1. The summed E-state index contributed by atoms with van der Waals surface area (Å²) in [5.41, 5.74) is -0.202. The number of nitrogens with zero attached hydrogens (tertiary/aromatic N) is 3. The molecule has 0 bridgehead atoms. The molecule has 0 radical (unpaired) electrons. The molecular formula is C27H30F2N4O3. The monoisotopic (exact) mass is 496 g/mol. The summed E-state index contributed by atoms with van der Waals surface area (Å²) in [6, 6.07) is 9.72. The van der Waals surface area contributed by atoms with Crippen molar-refractivity contribution >= 4 is 23.5 Å². The van der Waals surface area contributed by atoms with Crippen molar-refractivity contribution in [1.29, 1.82) is 0 Å². The molecule has 0 atom stereocenters. The van der Waals surface area contributed by atoms with Gasteiger partial charge in [-0.3, -0.25) is 20.0 Å². The van der Waals surface area contributed by atoms with Crippen molar-refractivity contribution < 1.29 is 23.1 Å². The van der Waals surface area contributed by atoms with Gasteiger partial charge in [0.05, 0.1) is 18.8 Å². The summed E-state index contributed by atoms with van der Waals surface area (Å²) in [6.07, 6.45) is 6.06. The van der Waals surface area contributed by atoms with Crippen molar-refractivity contribution in [3.8, 4) is 5.75 Å². The van der Waals surface area contributed by atoms with Gasteiger partial charge in [0.15, 0.2) is 0 Å². The summed E-state index contributed by atoms with van der Waals surface area (Å²) in [7, 11) is 1.57. The van der Waals surface area contributed by atoms with Gasteiger partial charge in [-0.25, -0.2) is 13.6 Å². The standard InChI is InChI=1S/C27H30F2N4O3/c1-36-23-9-7-18(8-10-23)24(34)32-13-11-27(12-14-32)25(30-21-5-3-2-4-6-21)31-26(35)33(27)22-16-19(28)15-20(29)17-22/h7-10,15-17,21H,2-6,11-14H2,1H3,(H,30,31,35). The molecule has 0 unspecified atom stereocenters. The molecule has 1 aliphatic carbocycles. The van der Waals surface area contributed by atoms with Crippen LogP contribution in [0, 0.1) is 11.6 Å². The molecule has 1 N–H and O–H groups in total. The fourth-order valence-electron chi connectivity index (χ4n) is 5.61. The van der Waals surface area contributed by atoms with Crippen LogP contribution in [0.3, 0.4) is 0 Å². The largest absolute Gasteiger partial charge is 0.497 e. The van der Waals surface area contributed by atoms with E-state index in [4.69, 9.17) is 9.73 Å². The number of rotatable bonds is 4. The first kappa shape index (κ1) is 24.2. The molecule has 3 aliphatic rings. The van der Waals surface area contributed by atoms with E-state index < -0.39 is 23.2 Å². The average Bonchev–Trinajstić information content (AvgIpc) is 3.14. The molecule has 1 saturated carbocycles. The SMILES string of the molecule is COc1ccc(C(=O)N2CCC3(CC2)C(=NC2CCCCC2)NC(=O)N3c2cc(F)cc(F)c2)cc1. The lowest BCUT2D eigenvalue weighted by molar-refractivity contribution is 0.0700. The molecule has 1 spiro atoms. The van der Waals surface area contributed by atoms with Crippen LogP contribution in [0.4, 0.5) is 19.3 Å². The first-order valence-electron chi connectivity index (χ1n) is 12.5. The van der Waals surface area contributed by atoms with E-state index in [1.165, 1.54) is 23.5 Å². The predicted octanol–water partition coefficient (Wildman–Crippen LogP) is 4.91. The Balaban J connectivity index is 1.45. The second kappa shape index (κ2) is 9.87. The van der Waals surface area contributed by atoms with Crippen LogP contribution < -0.4 is 15.0 Å². The number of piperidine rings is 1. The Kier molecular flexibility index (Phi) is 6.64. The highest BCUT2D eigenvalue weighted by Crippen LogP contribution is 2.39. The zero-order valence-corrected chi connectivity index (χ0v) is 20.3. The first-order valence-corrected chi connectivity index (χ1v) is 12.5. The number of likely N-dealkylation sites (tertiary alicyclic amines) is 1. The number of amidine groups is 1. The maximum Gasteiger partial charge on any atom is 0.328 e. The van der Waals surface area contributed by atoms with Gasteiger partial charge in [0.2, 0.25) is 0 Å². The van der Waals surface area contributed by atoms with E-state index >= 15 is 0 Å². The van der Waals surface area contributed by atoms with Crippen LogP contribution in [0.2, 0.25) is 0 Å². The summed E-state index contributed by atoms with van der Waals surface area (Å²) in [4.78, 5) is 34.5. The summed E-state index contributed by atoms with van der Waals surface area (Å²) in [5, 5.41) is 2.91. The number of methoxy groups -OCH3 is 1. The van der Waals surface area contributed by atoms with Gasteiger partial charge in [-0.05, 0) is 62.1 Å². The summed E-state index contributed by atoms with van der Waals surface area (Å²) in [6.45, 7) is 0.746. The quantitative estimate of drug-likeness (QED) is 0.654. The molecule has 3 fully saturated rings. The van der Waals surface area contributed by atoms with E-state index in [2.05, 4.69) is 5.32 Å². The van der Waals surface area contributed by atoms with Crippen LogP contribution in [0.5, 0.6) is 5.75 Å². The summed E-state index contributed by atoms with van der Waals surface area (Å²) >= 11 is 0. The number of benzene rings is 2. The summed E-state index contributed by atoms with van der Waals surface area (Å²) in [5.74, 6) is -0.406. The van der Waals surface area contributed by atoms with E-state index in [0.29, 0.717) is 43.1 Å². The number of anilines is 1. The number of aliphatic imine (C=N–C) groups is 1. The normalized spacial score (nSPS) is 21.2. The lowest BCUT2D eigenvalue weighted by atomic mass is 9.84. The number of ether oxygens (including phenoxy) is 1. The van der Waals surface area contributed by atoms with Gasteiger partial charge in [-0.2, -0.15) is 0 Å². The van der Waals surface area contributed by atoms with Gasteiger partial charge in [0.1, 0.15) is 28.8 Å². The summed E-state index contributed by atoms with van der Waals surface area (Å²) < 4.78 is 33.5. The molecule has 5 rings (SSSR count). The van der Waals surface area contributed by atoms with Gasteiger partial charge in [-0.1, -0.05) is 19.3 Å². The number of carbonyl (C=O) groups excluding carboxylic acids is 2. The van der Waals surface area contributed by atoms with Crippen molar-refractivity contribution in [3.63, 3.8) is 0 Å². The number of hydrogen-bond acceptors (Lipinski definition) is 4. The zero-order chi connectivity index (χ0) is 25.3. The van der Waals surface area contributed by atoms with E-state index in [1.54, 1.807) is 36.3 Å². The van der Waals surface area contributed by atoms with Crippen LogP contribution in [0.1, 0.15) is 55.3 Å². The van der Waals surface area contributed by atoms with Gasteiger partial charge >= 0.3 is 6.03 Å². The molecule has 190 valence electrons. The maximum atomic E-state index is 14.2. The number of halogens is 2. The molecule has 2 saturated heterocycles. The molecule has 2 aromatic rings. The Morgan fingerprint density at radius 2 is 1.67 bits per heavy atom. The Bertz CT molecular complexity index is 1150. The van der Waals surface area contributed by atoms with Crippen molar-refractivity contribution in [2.24, 2.45) is 4.99 Å². The molecule has 9 heteroatoms. The lowest BCUT2D eigenvalue weighted by Gasteiger charge is -2.43. The van der Waals surface area contributed by atoms with Crippen LogP contribution in [0.15, 0.2) is 47.5 Å². The minimum Gasteiger partial charge on any atom is -0.497 e. The second-order valence-corrected chi connectivity index (χ2v) is 9.72. The van der Waals surface area contributed by atoms with Crippen molar-refractivity contribution in [2.45, 2.75) is 56.5 Å². The van der Waals surface area contributed by atoms with Gasteiger partial charge in [0, 0.05) is 24.7 Å². The van der Waals surface area contributed by atoms with Gasteiger partial charge < -0.3 is 9.64 Å². The zero-order valence-electron chi connectivity index (χ0n) is 20.3. The third-order valence-corrected chi connectivity index (χ3v) is 7.50. The van der Waals surface area contributed by atoms with E-state index in [0.717, 1.165) is 31.7 Å². The minimum absolute atomic E-state index is 0.106. The molecule has 7 nitrogen and oxygen atoms in total. The number of hydrogen-bond donors (Lipinski definition) is 1. The Hall–Kier alpha value is -3.49. The molecule has 2 aliphatic heterocycles. The van der Waals surface area contributed by atoms with E-state index in [1.807, 2.05) is 0 Å². The van der Waals surface area contributed by atoms with Crippen LogP contribution in [-0.2, 0) is 0 Å². The highest BCUT2D eigenvalue weighted by atomic mass is 19.1. The molecule has 36 heavy (non-hydrogen) atoms. The fraction of sp³-hybridized carbons (Fsp3) is 0.444. The maximum absolute atomic E-state index is 14.2. The Morgan fingerprint density at radius 1 is 1.03 bits per heavy atom. The van der Waals surface area contributed by atoms with Gasteiger partial charge in [-0.15, -0.1) is 0 Å². The van der Waals surface area contributed by atoms with Crippen molar-refractivity contribution in [3.05, 3.63) is 59.7 Å². The Morgan fingerprint density at radius 3 is 2.28 bits per heavy atom. The fourth-order valence-corrected chi connectivity index (χ4v) is 5.61. The lowest BCUT2D eigenvalue weighted by Crippen LogP contribution is -2.58. The first-order chi connectivity index (χ1) is 17.4. The van der Waals surface area contributed by atoms with Crippen LogP contribution >= 0.6 is 0 Å². The molecular weight excluding hydrogens is 466 g/mol. The highest BCUT2D eigenvalue weighted by molar-refractivity contribution is 6.19. The van der Waals surface area contributed by atoms with E-state index in [9.17, 15) is 18.4 Å². The van der Waals surface area contributed by atoms with Crippen LogP contribution in [-0.4, -0.2) is 54.5 Å². The molecule has 3 amide bonds. The van der Waals surface area contributed by atoms with Gasteiger partial charge in [0.25, 0.3) is 5.91 Å². The third kappa shape index (κ3) is 4.54. The average molecular weight is 497 g/mol. The van der Waals surface area contributed by atoms with E-state index in [-0.39, 0.29) is 17.6 Å². The highest BCUT2D eigenvalue weighted by Gasteiger charge is 2.53. The predicted molar refractivity (Wildman–Crippen MR) is 133 cm³/mol. The number of carbonyl (C=O) groups is 2. The number of amides is 3. The van der Waals surface area contributed by atoms with Crippen molar-refractivity contribution in [2.75, 3.05) is 25.1 Å². The molecule has 2 heterocycles. The minimum atomic E-state index is -0.897. The Labute approximate surface area is 209 Å². The number of nitrogens with one attached hydrogen (secondary N) is 1. The molecule has 2 aromatic carbocycles. The molecule has 0 aromatic heterocycles. The second-order valence-electron chi connectivity index (χ2n) is 9.72. The van der Waals surface area contributed by atoms with Crippen molar-refractivity contribution in [1.82, 2.24) is 10.2 Å². The van der Waals surface area contributed by atoms with Crippen LogP contribution in [0.25, 0.3) is 0 Å².